The van der Waals surface area contributed by atoms with E-state index in [1.165, 1.54) is 24.1 Å². The minimum Gasteiger partial charge on any atom is -0.416 e. The molecule has 0 saturated carbocycles. The lowest BCUT2D eigenvalue weighted by atomic mass is 10.4. The summed E-state index contributed by atoms with van der Waals surface area (Å²) in [5.74, 6) is 0. The van der Waals surface area contributed by atoms with Gasteiger partial charge in [-0.25, -0.2) is 0 Å². The standard InChI is InChI=1S/C8H16OSi/c1-3-8(2)10-7-5-4-6-9-10/h3,10H,4-7H2,1-2H3/b8-3+. The molecule has 1 nitrogen and oxygen atoms in total. The molecule has 0 aliphatic carbocycles. The molecule has 0 N–H and O–H groups in total. The highest BCUT2D eigenvalue weighted by molar-refractivity contribution is 6.60. The van der Waals surface area contributed by atoms with Gasteiger partial charge in [-0.05, 0) is 26.3 Å². The lowest BCUT2D eigenvalue weighted by molar-refractivity contribution is 0.292. The number of hydrogen-bond acceptors (Lipinski definition) is 1. The zero-order valence-corrected chi connectivity index (χ0v) is 8.05. The van der Waals surface area contributed by atoms with Gasteiger partial charge in [0.1, 0.15) is 0 Å². The second-order valence-electron chi connectivity index (χ2n) is 2.89. The number of allylic oxidation sites excluding steroid dienone is 2. The van der Waals surface area contributed by atoms with Crippen LogP contribution in [0.15, 0.2) is 11.3 Å². The lowest BCUT2D eigenvalue weighted by Crippen LogP contribution is -2.24. The molecule has 1 heterocycles. The predicted molar refractivity (Wildman–Crippen MR) is 46.6 cm³/mol. The molecule has 1 aliphatic rings. The molecule has 1 aliphatic heterocycles. The molecular weight excluding hydrogens is 140 g/mol. The van der Waals surface area contributed by atoms with Crippen LogP contribution in [-0.4, -0.2) is 15.6 Å². The first-order valence-electron chi connectivity index (χ1n) is 4.09. The monoisotopic (exact) mass is 156 g/mol. The summed E-state index contributed by atoms with van der Waals surface area (Å²) in [6.07, 6.45) is 4.88. The van der Waals surface area contributed by atoms with Gasteiger partial charge in [0.15, 0.2) is 0 Å². The van der Waals surface area contributed by atoms with Crippen LogP contribution in [0.5, 0.6) is 0 Å². The van der Waals surface area contributed by atoms with E-state index >= 15 is 0 Å². The van der Waals surface area contributed by atoms with Crippen molar-refractivity contribution < 1.29 is 4.43 Å². The van der Waals surface area contributed by atoms with E-state index in [4.69, 9.17) is 4.43 Å². The average molecular weight is 156 g/mol. The molecule has 1 atom stereocenters. The molecule has 1 unspecified atom stereocenters. The SMILES string of the molecule is C/C=C(\C)[SiH]1CCCCO1. The first-order chi connectivity index (χ1) is 4.84. The van der Waals surface area contributed by atoms with Crippen LogP contribution in [0.4, 0.5) is 0 Å². The Hall–Kier alpha value is -0.0831. The van der Waals surface area contributed by atoms with Crippen molar-refractivity contribution in [3.63, 3.8) is 0 Å². The Morgan fingerprint density at radius 1 is 1.50 bits per heavy atom. The fourth-order valence-electron chi connectivity index (χ4n) is 1.29. The van der Waals surface area contributed by atoms with Gasteiger partial charge in [-0.1, -0.05) is 17.7 Å². The summed E-state index contributed by atoms with van der Waals surface area (Å²) in [4.78, 5) is 0. The van der Waals surface area contributed by atoms with Crippen LogP contribution in [0.1, 0.15) is 26.7 Å². The second-order valence-corrected chi connectivity index (χ2v) is 5.69. The zero-order chi connectivity index (χ0) is 7.40. The molecule has 0 aromatic carbocycles. The molecule has 10 heavy (non-hydrogen) atoms. The van der Waals surface area contributed by atoms with Crippen molar-refractivity contribution in [3.8, 4) is 0 Å². The van der Waals surface area contributed by atoms with Crippen molar-refractivity contribution in [1.82, 2.24) is 0 Å². The Labute approximate surface area is 64.8 Å². The van der Waals surface area contributed by atoms with Crippen molar-refractivity contribution in [2.24, 2.45) is 0 Å². The van der Waals surface area contributed by atoms with Gasteiger partial charge in [0, 0.05) is 6.61 Å². The third kappa shape index (κ3) is 1.96. The summed E-state index contributed by atoms with van der Waals surface area (Å²) in [6, 6.07) is 1.36. The predicted octanol–water partition coefficient (Wildman–Crippen LogP) is 2.03. The largest absolute Gasteiger partial charge is 0.416 e. The highest BCUT2D eigenvalue weighted by Crippen LogP contribution is 2.16. The molecular formula is C8H16OSi. The minimum absolute atomic E-state index is 0.859. The summed E-state index contributed by atoms with van der Waals surface area (Å²) in [5.41, 5.74) is 0. The fraction of sp³-hybridized carbons (Fsp3) is 0.750. The van der Waals surface area contributed by atoms with Gasteiger partial charge < -0.3 is 4.43 Å². The maximum absolute atomic E-state index is 5.70. The molecule has 0 spiro atoms. The van der Waals surface area contributed by atoms with E-state index in [9.17, 15) is 0 Å². The molecule has 1 saturated heterocycles. The van der Waals surface area contributed by atoms with Gasteiger partial charge in [-0.2, -0.15) is 0 Å². The van der Waals surface area contributed by atoms with Crippen LogP contribution in [0.25, 0.3) is 0 Å². The van der Waals surface area contributed by atoms with E-state index in [2.05, 4.69) is 19.9 Å². The quantitative estimate of drug-likeness (QED) is 0.528. The highest BCUT2D eigenvalue weighted by atomic mass is 28.3. The minimum atomic E-state index is -0.859. The van der Waals surface area contributed by atoms with Crippen molar-refractivity contribution in [1.29, 1.82) is 0 Å². The Bertz CT molecular complexity index is 125. The molecule has 1 rings (SSSR count). The van der Waals surface area contributed by atoms with E-state index in [0.29, 0.717) is 0 Å². The molecule has 0 aromatic rings. The average Bonchev–Trinajstić information content (AvgIpc) is 2.05. The lowest BCUT2D eigenvalue weighted by Gasteiger charge is -2.21. The van der Waals surface area contributed by atoms with Crippen LogP contribution in [0, 0.1) is 0 Å². The van der Waals surface area contributed by atoms with E-state index in [0.717, 1.165) is 6.61 Å². The summed E-state index contributed by atoms with van der Waals surface area (Å²) < 4.78 is 5.70. The normalized spacial score (nSPS) is 28.6. The highest BCUT2D eigenvalue weighted by Gasteiger charge is 2.16. The molecule has 0 bridgehead atoms. The second kappa shape index (κ2) is 3.94. The maximum Gasteiger partial charge on any atom is 0.203 e. The van der Waals surface area contributed by atoms with Crippen molar-refractivity contribution in [2.75, 3.05) is 6.61 Å². The van der Waals surface area contributed by atoms with Gasteiger partial charge in [-0.3, -0.25) is 0 Å². The van der Waals surface area contributed by atoms with Crippen molar-refractivity contribution in [3.05, 3.63) is 11.3 Å². The fourth-order valence-corrected chi connectivity index (χ4v) is 3.65. The Kier molecular flexibility index (Phi) is 3.16. The Morgan fingerprint density at radius 3 is 2.80 bits per heavy atom. The topological polar surface area (TPSA) is 9.23 Å². The molecule has 2 heteroatoms. The molecule has 58 valence electrons. The molecule has 1 fully saturated rings. The molecule has 0 aromatic heterocycles. The van der Waals surface area contributed by atoms with Crippen LogP contribution >= 0.6 is 0 Å². The maximum atomic E-state index is 5.70. The first kappa shape index (κ1) is 8.02. The van der Waals surface area contributed by atoms with Gasteiger partial charge >= 0.3 is 0 Å². The van der Waals surface area contributed by atoms with E-state index in [1.807, 2.05) is 0 Å². The Morgan fingerprint density at radius 2 is 2.30 bits per heavy atom. The van der Waals surface area contributed by atoms with E-state index in [1.54, 1.807) is 0 Å². The summed E-state index contributed by atoms with van der Waals surface area (Å²) in [7, 11) is -0.859. The van der Waals surface area contributed by atoms with Crippen LogP contribution in [0.3, 0.4) is 0 Å². The van der Waals surface area contributed by atoms with Gasteiger partial charge in [-0.15, -0.1) is 0 Å². The third-order valence-corrected chi connectivity index (χ3v) is 5.06. The smallest absolute Gasteiger partial charge is 0.203 e. The van der Waals surface area contributed by atoms with Crippen molar-refractivity contribution >= 4 is 9.04 Å². The van der Waals surface area contributed by atoms with Crippen LogP contribution < -0.4 is 0 Å². The van der Waals surface area contributed by atoms with Crippen LogP contribution in [0.2, 0.25) is 6.04 Å². The number of rotatable bonds is 1. The van der Waals surface area contributed by atoms with E-state index in [-0.39, 0.29) is 0 Å². The summed E-state index contributed by atoms with van der Waals surface area (Å²) in [6.45, 7) is 5.34. The number of hydrogen-bond donors (Lipinski definition) is 0. The summed E-state index contributed by atoms with van der Waals surface area (Å²) >= 11 is 0. The van der Waals surface area contributed by atoms with Gasteiger partial charge in [0.2, 0.25) is 9.04 Å². The first-order valence-corrected chi connectivity index (χ1v) is 5.95. The van der Waals surface area contributed by atoms with Crippen molar-refractivity contribution in [2.45, 2.75) is 32.7 Å². The third-order valence-electron chi connectivity index (χ3n) is 2.14. The zero-order valence-electron chi connectivity index (χ0n) is 6.89. The molecule has 0 radical (unpaired) electrons. The Balaban J connectivity index is 2.39. The van der Waals surface area contributed by atoms with Gasteiger partial charge in [0.25, 0.3) is 0 Å². The van der Waals surface area contributed by atoms with Crippen LogP contribution in [-0.2, 0) is 4.43 Å². The summed E-state index contributed by atoms with van der Waals surface area (Å²) in [5, 5.41) is 1.53. The van der Waals surface area contributed by atoms with E-state index < -0.39 is 9.04 Å². The molecule has 0 amide bonds. The van der Waals surface area contributed by atoms with Gasteiger partial charge in [0.05, 0.1) is 0 Å².